The van der Waals surface area contributed by atoms with E-state index in [0.717, 1.165) is 30.5 Å². The maximum absolute atomic E-state index is 13.1. The molecule has 13 heteroatoms. The lowest BCUT2D eigenvalue weighted by atomic mass is 10.0. The third kappa shape index (κ3) is 17.4. The second kappa shape index (κ2) is 20.8. The molecule has 5 amide bonds. The van der Waals surface area contributed by atoms with Gasteiger partial charge in [-0.05, 0) is 66.2 Å². The van der Waals surface area contributed by atoms with Crippen molar-refractivity contribution in [2.45, 2.75) is 105 Å². The highest BCUT2D eigenvalue weighted by Crippen LogP contribution is 2.22. The summed E-state index contributed by atoms with van der Waals surface area (Å²) >= 11 is 0. The van der Waals surface area contributed by atoms with Gasteiger partial charge in [0.15, 0.2) is 0 Å². The monoisotopic (exact) mass is 650 g/mol. The topological polar surface area (TPSA) is 167 Å². The SMILES string of the molecule is C=CCOC(C)CN(CCNC(CC(C)C)C(=O)NCC(=O)NC(COC(C)(C)C)C(=O)NCC(=O)NC1=C(C)CCC1)C(C)=O. The lowest BCUT2D eigenvalue weighted by Crippen LogP contribution is -2.54. The third-order valence-electron chi connectivity index (χ3n) is 7.18. The summed E-state index contributed by atoms with van der Waals surface area (Å²) in [4.78, 5) is 65.1. The molecule has 0 aromatic heterocycles. The van der Waals surface area contributed by atoms with Crippen molar-refractivity contribution in [2.75, 3.05) is 45.9 Å². The molecular weight excluding hydrogens is 592 g/mol. The minimum Gasteiger partial charge on any atom is -0.373 e. The van der Waals surface area contributed by atoms with Crippen LogP contribution >= 0.6 is 0 Å². The van der Waals surface area contributed by atoms with Gasteiger partial charge in [0.05, 0.1) is 44.1 Å². The number of amides is 5. The molecule has 46 heavy (non-hydrogen) atoms. The van der Waals surface area contributed by atoms with Gasteiger partial charge in [0.1, 0.15) is 6.04 Å². The Kier molecular flexibility index (Phi) is 18.4. The number of carbonyl (C=O) groups excluding carboxylic acids is 5. The van der Waals surface area contributed by atoms with Gasteiger partial charge in [0, 0.05) is 32.3 Å². The summed E-state index contributed by atoms with van der Waals surface area (Å²) in [7, 11) is 0. The number of nitrogens with one attached hydrogen (secondary N) is 5. The number of ether oxygens (including phenoxy) is 2. The van der Waals surface area contributed by atoms with Gasteiger partial charge in [0.25, 0.3) is 0 Å². The minimum atomic E-state index is -1.08. The van der Waals surface area contributed by atoms with Crippen LogP contribution in [0.25, 0.3) is 0 Å². The lowest BCUT2D eigenvalue weighted by molar-refractivity contribution is -0.133. The Balaban J connectivity index is 2.72. The first kappa shape index (κ1) is 40.7. The standard InChI is InChI=1S/C33H58N6O7/c1-10-16-45-24(5)20-39(25(6)40)15-14-34-27(17-22(2)3)31(43)35-19-30(42)38-28(21-46-33(7,8)9)32(44)36-18-29(41)37-26-13-11-12-23(26)4/h10,22,24,27-28,34H,1,11-21H2,2-9H3,(H,35,43)(H,36,44)(H,37,41)(H,38,42). The van der Waals surface area contributed by atoms with Crippen molar-refractivity contribution >= 4 is 29.5 Å². The molecule has 0 saturated carbocycles. The van der Waals surface area contributed by atoms with E-state index >= 15 is 0 Å². The fraction of sp³-hybridized carbons (Fsp3) is 0.727. The molecule has 0 fully saturated rings. The largest absolute Gasteiger partial charge is 0.373 e. The van der Waals surface area contributed by atoms with Crippen LogP contribution in [0.1, 0.15) is 81.1 Å². The predicted octanol–water partition coefficient (Wildman–Crippen LogP) is 1.54. The molecule has 1 aliphatic rings. The van der Waals surface area contributed by atoms with Crippen LogP contribution in [0.3, 0.4) is 0 Å². The molecule has 13 nitrogen and oxygen atoms in total. The first-order chi connectivity index (χ1) is 21.5. The van der Waals surface area contributed by atoms with Gasteiger partial charge in [-0.15, -0.1) is 6.58 Å². The Morgan fingerprint density at radius 1 is 0.978 bits per heavy atom. The number of hydrogen-bond acceptors (Lipinski definition) is 8. The zero-order valence-corrected chi connectivity index (χ0v) is 29.2. The number of hydrogen-bond donors (Lipinski definition) is 5. The van der Waals surface area contributed by atoms with Gasteiger partial charge < -0.3 is 41.0 Å². The smallest absolute Gasteiger partial charge is 0.245 e. The van der Waals surface area contributed by atoms with Crippen LogP contribution in [0.5, 0.6) is 0 Å². The molecule has 0 spiro atoms. The molecule has 1 rings (SSSR count). The number of rotatable bonds is 21. The molecule has 1 aliphatic carbocycles. The lowest BCUT2D eigenvalue weighted by Gasteiger charge is -2.27. The third-order valence-corrected chi connectivity index (χ3v) is 7.18. The molecule has 0 radical (unpaired) electrons. The normalized spacial score (nSPS) is 15.2. The second-order valence-electron chi connectivity index (χ2n) is 13.2. The fourth-order valence-electron chi connectivity index (χ4n) is 4.72. The van der Waals surface area contributed by atoms with Crippen LogP contribution in [0, 0.1) is 5.92 Å². The van der Waals surface area contributed by atoms with Crippen molar-refractivity contribution in [3.63, 3.8) is 0 Å². The average Bonchev–Trinajstić information content (AvgIpc) is 3.37. The first-order valence-electron chi connectivity index (χ1n) is 16.2. The summed E-state index contributed by atoms with van der Waals surface area (Å²) in [5.74, 6) is -1.79. The van der Waals surface area contributed by atoms with Crippen molar-refractivity contribution in [1.82, 2.24) is 31.5 Å². The highest BCUT2D eigenvalue weighted by atomic mass is 16.5. The molecule has 262 valence electrons. The number of nitrogens with zero attached hydrogens (tertiary/aromatic N) is 1. The molecule has 0 aromatic carbocycles. The minimum absolute atomic E-state index is 0.103. The maximum Gasteiger partial charge on any atom is 0.245 e. The second-order valence-corrected chi connectivity index (χ2v) is 13.2. The summed E-state index contributed by atoms with van der Waals surface area (Å²) < 4.78 is 11.3. The molecule has 0 bridgehead atoms. The molecule has 3 unspecified atom stereocenters. The van der Waals surface area contributed by atoms with Gasteiger partial charge in [-0.3, -0.25) is 24.0 Å². The fourth-order valence-corrected chi connectivity index (χ4v) is 4.72. The molecule has 3 atom stereocenters. The van der Waals surface area contributed by atoms with Crippen LogP contribution in [0.2, 0.25) is 0 Å². The summed E-state index contributed by atoms with van der Waals surface area (Å²) in [6.45, 7) is 19.2. The molecular formula is C33H58N6O7. The molecule has 5 N–H and O–H groups in total. The number of carbonyl (C=O) groups is 5. The van der Waals surface area contributed by atoms with Gasteiger partial charge in [-0.2, -0.15) is 0 Å². The summed E-state index contributed by atoms with van der Waals surface area (Å²) in [5, 5.41) is 13.9. The van der Waals surface area contributed by atoms with Crippen LogP contribution in [-0.2, 0) is 33.4 Å². The Hall–Kier alpha value is -3.29. The van der Waals surface area contributed by atoms with Crippen molar-refractivity contribution in [3.8, 4) is 0 Å². The molecule has 0 aromatic rings. The van der Waals surface area contributed by atoms with Crippen LogP contribution in [0.4, 0.5) is 0 Å². The van der Waals surface area contributed by atoms with Crippen LogP contribution < -0.4 is 26.6 Å². The molecule has 0 aliphatic heterocycles. The zero-order valence-electron chi connectivity index (χ0n) is 29.2. The first-order valence-corrected chi connectivity index (χ1v) is 16.2. The van der Waals surface area contributed by atoms with Crippen LogP contribution in [-0.4, -0.2) is 104 Å². The highest BCUT2D eigenvalue weighted by Gasteiger charge is 2.26. The zero-order chi connectivity index (χ0) is 34.9. The van der Waals surface area contributed by atoms with Gasteiger partial charge >= 0.3 is 0 Å². The van der Waals surface area contributed by atoms with E-state index in [9.17, 15) is 24.0 Å². The maximum atomic E-state index is 13.1. The Bertz CT molecular complexity index is 1070. The van der Waals surface area contributed by atoms with E-state index in [1.54, 1.807) is 11.0 Å². The van der Waals surface area contributed by atoms with E-state index in [1.165, 1.54) is 6.92 Å². The van der Waals surface area contributed by atoms with Crippen molar-refractivity contribution in [1.29, 1.82) is 0 Å². The average molecular weight is 651 g/mol. The predicted molar refractivity (Wildman–Crippen MR) is 177 cm³/mol. The van der Waals surface area contributed by atoms with Crippen molar-refractivity contribution in [2.24, 2.45) is 5.92 Å². The number of allylic oxidation sites excluding steroid dienone is 2. The quantitative estimate of drug-likeness (QED) is 0.117. The van der Waals surface area contributed by atoms with Gasteiger partial charge in [-0.25, -0.2) is 0 Å². The van der Waals surface area contributed by atoms with Gasteiger partial charge in [-0.1, -0.05) is 25.5 Å². The van der Waals surface area contributed by atoms with E-state index < -0.39 is 29.5 Å². The van der Waals surface area contributed by atoms with Crippen molar-refractivity contribution in [3.05, 3.63) is 23.9 Å². The summed E-state index contributed by atoms with van der Waals surface area (Å²) in [6, 6.07) is -1.68. The van der Waals surface area contributed by atoms with E-state index in [0.29, 0.717) is 32.7 Å². The van der Waals surface area contributed by atoms with E-state index in [4.69, 9.17) is 9.47 Å². The van der Waals surface area contributed by atoms with Crippen LogP contribution in [0.15, 0.2) is 23.9 Å². The Morgan fingerprint density at radius 3 is 2.15 bits per heavy atom. The van der Waals surface area contributed by atoms with Gasteiger partial charge in [0.2, 0.25) is 29.5 Å². The molecule has 0 saturated heterocycles. The summed E-state index contributed by atoms with van der Waals surface area (Å²) in [5.41, 5.74) is 1.45. The van der Waals surface area contributed by atoms with Crippen molar-refractivity contribution < 1.29 is 33.4 Å². The van der Waals surface area contributed by atoms with E-state index in [2.05, 4.69) is 33.2 Å². The van der Waals surface area contributed by atoms with E-state index in [1.807, 2.05) is 48.5 Å². The summed E-state index contributed by atoms with van der Waals surface area (Å²) in [6.07, 6.45) is 4.71. The highest BCUT2D eigenvalue weighted by molar-refractivity contribution is 5.92. The van der Waals surface area contributed by atoms with E-state index in [-0.39, 0.29) is 49.4 Å². The Morgan fingerprint density at radius 2 is 1.61 bits per heavy atom. The molecule has 0 heterocycles. The Labute approximate surface area is 275 Å².